The minimum absolute atomic E-state index is 0. The van der Waals surface area contributed by atoms with Gasteiger partial charge in [0.15, 0.2) is 17.5 Å². The van der Waals surface area contributed by atoms with E-state index in [1.165, 1.54) is 0 Å². The molecular weight excluding hydrogens is 525 g/mol. The van der Waals surface area contributed by atoms with Gasteiger partial charge in [-0.15, -0.1) is 24.0 Å². The summed E-state index contributed by atoms with van der Waals surface area (Å²) in [4.78, 5) is 6.84. The van der Waals surface area contributed by atoms with Gasteiger partial charge in [-0.3, -0.25) is 0 Å². The molecule has 32 heavy (non-hydrogen) atoms. The second-order valence-corrected chi connectivity index (χ2v) is 6.72. The first-order chi connectivity index (χ1) is 15.0. The SMILES string of the molecule is CCNC(=NCc1cc(OC)c(OC)cc1OC)N(C)Cc1ccc(OC)cc1OC.I. The smallest absolute Gasteiger partial charge is 0.194 e. The van der Waals surface area contributed by atoms with Gasteiger partial charge in [-0.2, -0.15) is 0 Å². The second kappa shape index (κ2) is 13.8. The van der Waals surface area contributed by atoms with Crippen LogP contribution in [0.2, 0.25) is 0 Å². The summed E-state index contributed by atoms with van der Waals surface area (Å²) in [6, 6.07) is 9.49. The number of ether oxygens (including phenoxy) is 5. The number of benzene rings is 2. The molecule has 0 spiro atoms. The molecule has 0 saturated carbocycles. The van der Waals surface area contributed by atoms with Crippen LogP contribution in [0.3, 0.4) is 0 Å². The Hall–Kier alpha value is -2.56. The summed E-state index contributed by atoms with van der Waals surface area (Å²) < 4.78 is 27.1. The maximum Gasteiger partial charge on any atom is 0.194 e. The second-order valence-electron chi connectivity index (χ2n) is 6.72. The number of nitrogens with zero attached hydrogens (tertiary/aromatic N) is 2. The number of methoxy groups -OCH3 is 5. The predicted octanol–water partition coefficient (Wildman–Crippen LogP) is 3.95. The van der Waals surface area contributed by atoms with E-state index < -0.39 is 0 Å². The van der Waals surface area contributed by atoms with E-state index >= 15 is 0 Å². The van der Waals surface area contributed by atoms with Gasteiger partial charge in [-0.05, 0) is 25.1 Å². The molecule has 0 bridgehead atoms. The van der Waals surface area contributed by atoms with Crippen LogP contribution < -0.4 is 29.0 Å². The number of rotatable bonds is 10. The van der Waals surface area contributed by atoms with E-state index in [0.29, 0.717) is 30.3 Å². The molecule has 0 aromatic heterocycles. The van der Waals surface area contributed by atoms with Crippen LogP contribution in [-0.2, 0) is 13.1 Å². The Labute approximate surface area is 207 Å². The summed E-state index contributed by atoms with van der Waals surface area (Å²) >= 11 is 0. The van der Waals surface area contributed by atoms with E-state index in [2.05, 4.69) is 5.32 Å². The molecule has 2 aromatic rings. The maximum absolute atomic E-state index is 5.53. The number of hydrogen-bond acceptors (Lipinski definition) is 6. The molecule has 2 rings (SSSR count). The molecule has 9 heteroatoms. The lowest BCUT2D eigenvalue weighted by atomic mass is 10.1. The Balaban J connectivity index is 0.00000512. The van der Waals surface area contributed by atoms with E-state index in [4.69, 9.17) is 28.7 Å². The Morgan fingerprint density at radius 2 is 1.41 bits per heavy atom. The summed E-state index contributed by atoms with van der Waals surface area (Å²) in [5.41, 5.74) is 1.92. The normalized spacial score (nSPS) is 10.7. The monoisotopic (exact) mass is 559 g/mol. The van der Waals surface area contributed by atoms with E-state index in [1.807, 2.05) is 49.2 Å². The molecule has 2 aromatic carbocycles. The van der Waals surface area contributed by atoms with Gasteiger partial charge in [0.05, 0.1) is 42.1 Å². The van der Waals surface area contributed by atoms with Crippen molar-refractivity contribution in [1.82, 2.24) is 10.2 Å². The average molecular weight is 559 g/mol. The number of halogens is 1. The lowest BCUT2D eigenvalue weighted by molar-refractivity contribution is 0.347. The van der Waals surface area contributed by atoms with Crippen LogP contribution in [0.25, 0.3) is 0 Å². The molecular formula is C23H34IN3O5. The van der Waals surface area contributed by atoms with E-state index in [-0.39, 0.29) is 24.0 Å². The molecule has 0 heterocycles. The van der Waals surface area contributed by atoms with Gasteiger partial charge < -0.3 is 33.9 Å². The highest BCUT2D eigenvalue weighted by atomic mass is 127. The summed E-state index contributed by atoms with van der Waals surface area (Å²) in [7, 11) is 10.1. The highest BCUT2D eigenvalue weighted by Gasteiger charge is 2.14. The first-order valence-corrected chi connectivity index (χ1v) is 10.00. The average Bonchev–Trinajstić information content (AvgIpc) is 2.81. The van der Waals surface area contributed by atoms with Crippen molar-refractivity contribution < 1.29 is 23.7 Å². The third-order valence-corrected chi connectivity index (χ3v) is 4.78. The molecule has 0 radical (unpaired) electrons. The van der Waals surface area contributed by atoms with Crippen molar-refractivity contribution in [2.45, 2.75) is 20.0 Å². The molecule has 0 aliphatic heterocycles. The quantitative estimate of drug-likeness (QED) is 0.269. The van der Waals surface area contributed by atoms with Gasteiger partial charge >= 0.3 is 0 Å². The van der Waals surface area contributed by atoms with Gasteiger partial charge in [-0.25, -0.2) is 4.99 Å². The van der Waals surface area contributed by atoms with E-state index in [1.54, 1.807) is 35.5 Å². The molecule has 178 valence electrons. The maximum atomic E-state index is 5.53. The minimum atomic E-state index is 0. The molecule has 0 fully saturated rings. The highest BCUT2D eigenvalue weighted by molar-refractivity contribution is 14.0. The number of aliphatic imine (C=N–C) groups is 1. The summed E-state index contributed by atoms with van der Waals surface area (Å²) in [5, 5.41) is 3.34. The molecule has 1 N–H and O–H groups in total. The fourth-order valence-electron chi connectivity index (χ4n) is 3.16. The van der Waals surface area contributed by atoms with Crippen LogP contribution in [-0.4, -0.2) is 60.0 Å². The van der Waals surface area contributed by atoms with E-state index in [9.17, 15) is 0 Å². The Kier molecular flexibility index (Phi) is 11.8. The number of guanidine groups is 1. The first-order valence-electron chi connectivity index (χ1n) is 10.00. The van der Waals surface area contributed by atoms with Gasteiger partial charge in [0.25, 0.3) is 0 Å². The highest BCUT2D eigenvalue weighted by Crippen LogP contribution is 2.35. The summed E-state index contributed by atoms with van der Waals surface area (Å²) in [6.07, 6.45) is 0. The molecule has 0 aliphatic rings. The molecule has 0 amide bonds. The van der Waals surface area contributed by atoms with Crippen molar-refractivity contribution in [3.63, 3.8) is 0 Å². The lowest BCUT2D eigenvalue weighted by Gasteiger charge is -2.23. The van der Waals surface area contributed by atoms with Crippen LogP contribution in [0.5, 0.6) is 28.7 Å². The molecule has 0 aliphatic carbocycles. The standard InChI is InChI=1S/C23H33N3O5.HI/c1-8-24-23(26(2)15-16-9-10-18(27-3)12-19(16)28-4)25-14-17-11-21(30-6)22(31-7)13-20(17)29-5;/h9-13H,8,14-15H2,1-7H3,(H,24,25);1H. The molecule has 0 atom stereocenters. The van der Waals surface area contributed by atoms with Crippen molar-refractivity contribution >= 4 is 29.9 Å². The van der Waals surface area contributed by atoms with Crippen molar-refractivity contribution in [2.75, 3.05) is 49.1 Å². The van der Waals surface area contributed by atoms with Gasteiger partial charge in [0.1, 0.15) is 17.2 Å². The topological polar surface area (TPSA) is 73.8 Å². The van der Waals surface area contributed by atoms with Crippen LogP contribution in [0.15, 0.2) is 35.3 Å². The predicted molar refractivity (Wildman–Crippen MR) is 137 cm³/mol. The molecule has 8 nitrogen and oxygen atoms in total. The molecule has 0 unspecified atom stereocenters. The zero-order chi connectivity index (χ0) is 22.8. The Morgan fingerprint density at radius 1 is 0.812 bits per heavy atom. The van der Waals surface area contributed by atoms with Crippen molar-refractivity contribution in [3.8, 4) is 28.7 Å². The number of hydrogen-bond donors (Lipinski definition) is 1. The van der Waals surface area contributed by atoms with Crippen molar-refractivity contribution in [2.24, 2.45) is 4.99 Å². The minimum Gasteiger partial charge on any atom is -0.497 e. The van der Waals surface area contributed by atoms with Crippen molar-refractivity contribution in [1.29, 1.82) is 0 Å². The van der Waals surface area contributed by atoms with Crippen molar-refractivity contribution in [3.05, 3.63) is 41.5 Å². The summed E-state index contributed by atoms with van der Waals surface area (Å²) in [5.74, 6) is 4.22. The van der Waals surface area contributed by atoms with Crippen LogP contribution in [0.4, 0.5) is 0 Å². The van der Waals surface area contributed by atoms with Gasteiger partial charge in [0.2, 0.25) is 0 Å². The largest absolute Gasteiger partial charge is 0.497 e. The Bertz CT molecular complexity index is 892. The van der Waals surface area contributed by atoms with Gasteiger partial charge in [-0.1, -0.05) is 0 Å². The zero-order valence-corrected chi connectivity index (χ0v) is 22.2. The molecule has 0 saturated heterocycles. The zero-order valence-electron chi connectivity index (χ0n) is 19.9. The summed E-state index contributed by atoms with van der Waals surface area (Å²) in [6.45, 7) is 3.80. The third-order valence-electron chi connectivity index (χ3n) is 4.78. The van der Waals surface area contributed by atoms with Crippen LogP contribution in [0.1, 0.15) is 18.1 Å². The fraction of sp³-hybridized carbons (Fsp3) is 0.435. The Morgan fingerprint density at radius 3 is 1.97 bits per heavy atom. The van der Waals surface area contributed by atoms with E-state index in [0.717, 1.165) is 35.1 Å². The fourth-order valence-corrected chi connectivity index (χ4v) is 3.16. The number of nitrogens with one attached hydrogen (secondary N) is 1. The van der Waals surface area contributed by atoms with Crippen LogP contribution in [0, 0.1) is 0 Å². The third kappa shape index (κ3) is 6.98. The van der Waals surface area contributed by atoms with Gasteiger partial charge in [0, 0.05) is 43.4 Å². The lowest BCUT2D eigenvalue weighted by Crippen LogP contribution is -2.38. The first kappa shape index (κ1) is 27.5. The van der Waals surface area contributed by atoms with Crippen LogP contribution >= 0.6 is 24.0 Å².